The molecule has 8 nitrogen and oxygen atoms in total. The van der Waals surface area contributed by atoms with E-state index < -0.39 is 11.8 Å². The Kier molecular flexibility index (Phi) is 5.99. The highest BCUT2D eigenvalue weighted by Gasteiger charge is 2.35. The zero-order chi connectivity index (χ0) is 26.3. The van der Waals surface area contributed by atoms with Gasteiger partial charge in [0.05, 0.1) is 0 Å². The van der Waals surface area contributed by atoms with Crippen LogP contribution in [0, 0.1) is 11.3 Å². The minimum atomic E-state index is -0.689. The van der Waals surface area contributed by atoms with E-state index in [0.717, 1.165) is 4.90 Å². The van der Waals surface area contributed by atoms with Gasteiger partial charge in [-0.05, 0) is 49.3 Å². The molecule has 182 valence electrons. The van der Waals surface area contributed by atoms with Crippen LogP contribution in [-0.4, -0.2) is 46.5 Å². The molecule has 0 saturated heterocycles. The van der Waals surface area contributed by atoms with Gasteiger partial charge < -0.3 is 9.52 Å². The van der Waals surface area contributed by atoms with Crippen molar-refractivity contribution >= 4 is 29.5 Å². The summed E-state index contributed by atoms with van der Waals surface area (Å²) in [6, 6.07) is 16.8. The van der Waals surface area contributed by atoms with Gasteiger partial charge in [0, 0.05) is 46.5 Å². The van der Waals surface area contributed by atoms with Crippen LogP contribution in [0.2, 0.25) is 0 Å². The zero-order valence-electron chi connectivity index (χ0n) is 19.8. The lowest BCUT2D eigenvalue weighted by molar-refractivity contribution is -0.140. The van der Waals surface area contributed by atoms with Crippen molar-refractivity contribution in [1.82, 2.24) is 4.90 Å². The van der Waals surface area contributed by atoms with Gasteiger partial charge in [0.25, 0.3) is 11.8 Å². The van der Waals surface area contributed by atoms with Crippen molar-refractivity contribution < 1.29 is 28.7 Å². The Bertz CT molecular complexity index is 1610. The van der Waals surface area contributed by atoms with Gasteiger partial charge in [0.2, 0.25) is 0 Å². The number of aliphatic hydroxyl groups excluding tert-OH is 1. The molecule has 2 aliphatic rings. The molecular weight excluding hydrogens is 472 g/mol. The Morgan fingerprint density at radius 2 is 1.59 bits per heavy atom. The number of carbonyl (C=O) groups excluding carboxylic acids is 4. The van der Waals surface area contributed by atoms with Crippen LogP contribution in [0.15, 0.2) is 75.7 Å². The number of hydrogen-bond acceptors (Lipinski definition) is 7. The molecule has 1 N–H and O–H groups in total. The molecule has 0 spiro atoms. The number of benzene rings is 2. The molecule has 2 heterocycles. The number of carbonyl (C=O) groups is 4. The summed E-state index contributed by atoms with van der Waals surface area (Å²) in [7, 11) is 0. The molecule has 0 unspecified atom stereocenters. The van der Waals surface area contributed by atoms with Crippen LogP contribution >= 0.6 is 0 Å². The SMILES string of the molecule is CC1=C(C#N)C(=O)N(CCCO)C(=O)/C1=C/c1ccc(-c2ccc3c(c2)C(=O)c2ccccc2C3=O)o1. The summed E-state index contributed by atoms with van der Waals surface area (Å²) in [5.74, 6) is -1.02. The molecule has 1 aliphatic heterocycles. The fraction of sp³-hybridized carbons (Fsp3) is 0.138. The van der Waals surface area contributed by atoms with Crippen molar-refractivity contribution in [2.24, 2.45) is 0 Å². The van der Waals surface area contributed by atoms with E-state index in [1.54, 1.807) is 54.6 Å². The number of nitrogens with zero attached hydrogens (tertiary/aromatic N) is 2. The number of ketones is 2. The summed E-state index contributed by atoms with van der Waals surface area (Å²) in [6.07, 6.45) is 1.65. The molecule has 0 fully saturated rings. The molecule has 0 atom stereocenters. The van der Waals surface area contributed by atoms with Gasteiger partial charge in [-0.15, -0.1) is 0 Å². The van der Waals surface area contributed by atoms with Crippen molar-refractivity contribution in [2.75, 3.05) is 13.2 Å². The lowest BCUT2D eigenvalue weighted by Gasteiger charge is -2.27. The van der Waals surface area contributed by atoms with Crippen LogP contribution in [-0.2, 0) is 9.59 Å². The van der Waals surface area contributed by atoms with Gasteiger partial charge in [-0.25, -0.2) is 0 Å². The van der Waals surface area contributed by atoms with Gasteiger partial charge >= 0.3 is 0 Å². The highest BCUT2D eigenvalue weighted by atomic mass is 16.3. The minimum Gasteiger partial charge on any atom is -0.457 e. The highest BCUT2D eigenvalue weighted by molar-refractivity contribution is 6.28. The Hall–Kier alpha value is -4.87. The van der Waals surface area contributed by atoms with E-state index in [4.69, 9.17) is 9.52 Å². The third kappa shape index (κ3) is 3.92. The molecule has 37 heavy (non-hydrogen) atoms. The topological polar surface area (TPSA) is 129 Å². The Morgan fingerprint density at radius 3 is 2.27 bits per heavy atom. The van der Waals surface area contributed by atoms with E-state index in [9.17, 15) is 24.4 Å². The molecule has 0 saturated carbocycles. The average Bonchev–Trinajstić information content (AvgIpc) is 3.38. The van der Waals surface area contributed by atoms with E-state index in [1.807, 2.05) is 6.07 Å². The van der Waals surface area contributed by atoms with Crippen LogP contribution in [0.25, 0.3) is 17.4 Å². The molecule has 1 aliphatic carbocycles. The molecular formula is C29H20N2O6. The molecule has 0 radical (unpaired) electrons. The fourth-order valence-corrected chi connectivity index (χ4v) is 4.54. The molecule has 2 amide bonds. The summed E-state index contributed by atoms with van der Waals surface area (Å²) >= 11 is 0. The number of hydrogen-bond donors (Lipinski definition) is 1. The van der Waals surface area contributed by atoms with Crippen LogP contribution in [0.3, 0.4) is 0 Å². The second-order valence-electron chi connectivity index (χ2n) is 8.68. The van der Waals surface area contributed by atoms with Gasteiger partial charge in [-0.1, -0.05) is 30.3 Å². The van der Waals surface area contributed by atoms with Crippen molar-refractivity contribution in [1.29, 1.82) is 5.26 Å². The third-order valence-corrected chi connectivity index (χ3v) is 6.49. The number of fused-ring (bicyclic) bond motifs is 2. The number of amides is 2. The summed E-state index contributed by atoms with van der Waals surface area (Å²) in [5.41, 5.74) is 2.15. The monoisotopic (exact) mass is 492 g/mol. The Labute approximate surface area is 211 Å². The van der Waals surface area contributed by atoms with E-state index in [0.29, 0.717) is 33.8 Å². The number of rotatable bonds is 5. The molecule has 0 bridgehead atoms. The van der Waals surface area contributed by atoms with Gasteiger partial charge in [0.15, 0.2) is 11.6 Å². The number of imide groups is 1. The van der Waals surface area contributed by atoms with E-state index in [2.05, 4.69) is 0 Å². The van der Waals surface area contributed by atoms with Gasteiger partial charge in [-0.3, -0.25) is 24.1 Å². The van der Waals surface area contributed by atoms with E-state index in [-0.39, 0.29) is 53.4 Å². The predicted molar refractivity (Wildman–Crippen MR) is 132 cm³/mol. The summed E-state index contributed by atoms with van der Waals surface area (Å²) < 4.78 is 5.93. The first-order valence-corrected chi connectivity index (χ1v) is 11.6. The van der Waals surface area contributed by atoms with Gasteiger partial charge in [-0.2, -0.15) is 5.26 Å². The average molecular weight is 492 g/mol. The molecule has 8 heteroatoms. The summed E-state index contributed by atoms with van der Waals surface area (Å²) in [4.78, 5) is 52.5. The van der Waals surface area contributed by atoms with E-state index >= 15 is 0 Å². The molecule has 2 aromatic carbocycles. The standard InChI is InChI=1S/C29H20N2O6/c1-16-22(28(35)31(11-4-12-32)29(36)24(16)15-30)14-18-8-10-25(37-18)17-7-9-21-23(13-17)27(34)20-6-3-2-5-19(20)26(21)33/h2-3,5-10,13-14,32H,4,11-12H2,1H3/b22-14+. The van der Waals surface area contributed by atoms with Gasteiger partial charge in [0.1, 0.15) is 23.2 Å². The normalized spacial score (nSPS) is 16.2. The number of nitriles is 1. The van der Waals surface area contributed by atoms with Crippen molar-refractivity contribution in [3.05, 3.63) is 99.3 Å². The van der Waals surface area contributed by atoms with Crippen LogP contribution in [0.5, 0.6) is 0 Å². The lowest BCUT2D eigenvalue weighted by atomic mass is 9.83. The number of aliphatic hydroxyl groups is 1. The maximum Gasteiger partial charge on any atom is 0.271 e. The zero-order valence-corrected chi connectivity index (χ0v) is 19.8. The first-order chi connectivity index (χ1) is 17.8. The van der Waals surface area contributed by atoms with Crippen LogP contribution in [0.4, 0.5) is 0 Å². The Morgan fingerprint density at radius 1 is 0.919 bits per heavy atom. The third-order valence-electron chi connectivity index (χ3n) is 6.49. The Balaban J connectivity index is 1.50. The number of furan rings is 1. The fourth-order valence-electron chi connectivity index (χ4n) is 4.54. The highest BCUT2D eigenvalue weighted by Crippen LogP contribution is 2.33. The maximum absolute atomic E-state index is 13.1. The minimum absolute atomic E-state index is 0.0155. The van der Waals surface area contributed by atoms with Crippen LogP contribution < -0.4 is 0 Å². The first-order valence-electron chi connectivity index (χ1n) is 11.6. The van der Waals surface area contributed by atoms with Crippen molar-refractivity contribution in [3.63, 3.8) is 0 Å². The summed E-state index contributed by atoms with van der Waals surface area (Å²) in [5, 5.41) is 18.6. The van der Waals surface area contributed by atoms with E-state index in [1.165, 1.54) is 13.0 Å². The second kappa shape index (κ2) is 9.30. The molecule has 3 aromatic rings. The quantitative estimate of drug-likeness (QED) is 0.332. The maximum atomic E-state index is 13.1. The molecule has 1 aromatic heterocycles. The van der Waals surface area contributed by atoms with Crippen molar-refractivity contribution in [3.8, 4) is 17.4 Å². The lowest BCUT2D eigenvalue weighted by Crippen LogP contribution is -2.43. The molecule has 5 rings (SSSR count). The predicted octanol–water partition coefficient (Wildman–Crippen LogP) is 3.70. The summed E-state index contributed by atoms with van der Waals surface area (Å²) in [6.45, 7) is 1.30. The van der Waals surface area contributed by atoms with Crippen molar-refractivity contribution in [2.45, 2.75) is 13.3 Å². The van der Waals surface area contributed by atoms with Crippen LogP contribution in [0.1, 0.15) is 50.9 Å². The second-order valence-corrected chi connectivity index (χ2v) is 8.68. The first kappa shape index (κ1) is 23.9. The largest absolute Gasteiger partial charge is 0.457 e. The smallest absolute Gasteiger partial charge is 0.271 e.